The number of carbonyl (C=O) groups is 1. The van der Waals surface area contributed by atoms with E-state index in [9.17, 15) is 21.6 Å². The van der Waals surface area contributed by atoms with Gasteiger partial charge in [0.15, 0.2) is 15.0 Å². The van der Waals surface area contributed by atoms with E-state index in [-0.39, 0.29) is 22.2 Å². The van der Waals surface area contributed by atoms with Crippen LogP contribution in [-0.4, -0.2) is 51.4 Å². The zero-order valence-electron chi connectivity index (χ0n) is 17.6. The molecule has 32 heavy (non-hydrogen) atoms. The average molecular weight is 494 g/mol. The lowest BCUT2D eigenvalue weighted by atomic mass is 9.99. The van der Waals surface area contributed by atoms with Gasteiger partial charge in [-0.25, -0.2) is 21.8 Å². The number of nitrogens with zero attached hydrogens (tertiary/aromatic N) is 2. The topological polar surface area (TPSA) is 114 Å². The first kappa shape index (κ1) is 22.8. The molecule has 170 valence electrons. The number of sulfonamides is 1. The molecule has 1 atom stereocenters. The standard InChI is InChI=1S/C21H23N3O5S3/c1-14-5-7-16(8-6-14)32(28,29)24-11-3-4-15(13-24)20(25)23-21-22-18-10-9-17(31(2,26)27)12-19(18)30-21/h5-10,12,15H,3-4,11,13H2,1-2H3,(H,22,23,25). The minimum absolute atomic E-state index is 0.102. The maximum Gasteiger partial charge on any atom is 0.243 e. The maximum absolute atomic E-state index is 13.0. The van der Waals surface area contributed by atoms with Crippen LogP contribution in [0.4, 0.5) is 5.13 Å². The van der Waals surface area contributed by atoms with Crippen LogP contribution in [0.1, 0.15) is 18.4 Å². The normalized spacial score (nSPS) is 18.0. The quantitative estimate of drug-likeness (QED) is 0.584. The van der Waals surface area contributed by atoms with E-state index in [4.69, 9.17) is 0 Å². The number of aryl methyl sites for hydroxylation is 1. The lowest BCUT2D eigenvalue weighted by molar-refractivity contribution is -0.120. The van der Waals surface area contributed by atoms with Crippen molar-refractivity contribution >= 4 is 52.5 Å². The Kier molecular flexibility index (Phi) is 6.10. The zero-order valence-corrected chi connectivity index (χ0v) is 20.1. The summed E-state index contributed by atoms with van der Waals surface area (Å²) in [4.78, 5) is 17.6. The molecule has 3 aromatic rings. The molecule has 1 N–H and O–H groups in total. The van der Waals surface area contributed by atoms with Gasteiger partial charge in [0.05, 0.1) is 25.9 Å². The highest BCUT2D eigenvalue weighted by atomic mass is 32.2. The van der Waals surface area contributed by atoms with Crippen LogP contribution in [-0.2, 0) is 24.7 Å². The largest absolute Gasteiger partial charge is 0.302 e. The third kappa shape index (κ3) is 4.70. The smallest absolute Gasteiger partial charge is 0.243 e. The summed E-state index contributed by atoms with van der Waals surface area (Å²) < 4.78 is 51.5. The molecule has 0 bridgehead atoms. The second-order valence-electron chi connectivity index (χ2n) is 7.93. The number of hydrogen-bond acceptors (Lipinski definition) is 7. The molecule has 0 saturated carbocycles. The molecule has 8 nitrogen and oxygen atoms in total. The van der Waals surface area contributed by atoms with Crippen molar-refractivity contribution in [2.75, 3.05) is 24.7 Å². The monoisotopic (exact) mass is 493 g/mol. The van der Waals surface area contributed by atoms with Crippen LogP contribution in [0.3, 0.4) is 0 Å². The van der Waals surface area contributed by atoms with Crippen LogP contribution < -0.4 is 5.32 Å². The first-order chi connectivity index (χ1) is 15.0. The van der Waals surface area contributed by atoms with E-state index in [1.807, 2.05) is 6.92 Å². The van der Waals surface area contributed by atoms with E-state index >= 15 is 0 Å². The van der Waals surface area contributed by atoms with E-state index in [2.05, 4.69) is 10.3 Å². The second kappa shape index (κ2) is 8.54. The molecule has 1 aliphatic heterocycles. The molecule has 4 rings (SSSR count). The van der Waals surface area contributed by atoms with Crippen molar-refractivity contribution in [1.82, 2.24) is 9.29 Å². The summed E-state index contributed by atoms with van der Waals surface area (Å²) in [6.45, 7) is 2.36. The molecule has 2 heterocycles. The summed E-state index contributed by atoms with van der Waals surface area (Å²) in [5.74, 6) is -0.793. The van der Waals surface area contributed by atoms with Crippen LogP contribution in [0.2, 0.25) is 0 Å². The number of fused-ring (bicyclic) bond motifs is 1. The van der Waals surface area contributed by atoms with Crippen molar-refractivity contribution in [3.05, 3.63) is 48.0 Å². The van der Waals surface area contributed by atoms with E-state index in [0.29, 0.717) is 34.7 Å². The van der Waals surface area contributed by atoms with Crippen LogP contribution in [0.15, 0.2) is 52.3 Å². The minimum atomic E-state index is -3.67. The average Bonchev–Trinajstić information content (AvgIpc) is 3.15. The first-order valence-electron chi connectivity index (χ1n) is 10.0. The second-order valence-corrected chi connectivity index (χ2v) is 12.9. The Morgan fingerprint density at radius 2 is 1.78 bits per heavy atom. The van der Waals surface area contributed by atoms with Gasteiger partial charge < -0.3 is 5.32 Å². The van der Waals surface area contributed by atoms with Gasteiger partial charge in [-0.05, 0) is 50.1 Å². The maximum atomic E-state index is 13.0. The summed E-state index contributed by atoms with van der Waals surface area (Å²) in [5, 5.41) is 3.13. The van der Waals surface area contributed by atoms with Gasteiger partial charge in [0.1, 0.15) is 0 Å². The van der Waals surface area contributed by atoms with Gasteiger partial charge in [-0.2, -0.15) is 4.31 Å². The number of rotatable bonds is 5. The number of piperidine rings is 1. The Morgan fingerprint density at radius 1 is 1.09 bits per heavy atom. The third-order valence-corrected chi connectivity index (χ3v) is 9.36. The Balaban J connectivity index is 1.49. The van der Waals surface area contributed by atoms with Gasteiger partial charge in [0.25, 0.3) is 0 Å². The van der Waals surface area contributed by atoms with Gasteiger partial charge in [-0.1, -0.05) is 29.0 Å². The van der Waals surface area contributed by atoms with E-state index < -0.39 is 25.8 Å². The summed E-state index contributed by atoms with van der Waals surface area (Å²) >= 11 is 1.19. The lowest BCUT2D eigenvalue weighted by Gasteiger charge is -2.31. The molecule has 1 fully saturated rings. The SMILES string of the molecule is Cc1ccc(S(=O)(=O)N2CCCC(C(=O)Nc3nc4ccc(S(C)(=O)=O)cc4s3)C2)cc1. The van der Waals surface area contributed by atoms with Gasteiger partial charge in [0.2, 0.25) is 15.9 Å². The number of nitrogens with one attached hydrogen (secondary N) is 1. The molecule has 0 spiro atoms. The van der Waals surface area contributed by atoms with Crippen LogP contribution in [0.5, 0.6) is 0 Å². The number of aromatic nitrogens is 1. The fourth-order valence-electron chi connectivity index (χ4n) is 3.63. The summed E-state index contributed by atoms with van der Waals surface area (Å²) in [6.07, 6.45) is 2.30. The highest BCUT2D eigenvalue weighted by molar-refractivity contribution is 7.90. The zero-order chi connectivity index (χ0) is 23.1. The molecule has 1 amide bonds. The number of amides is 1. The molecule has 0 aliphatic carbocycles. The van der Waals surface area contributed by atoms with Crippen LogP contribution >= 0.6 is 11.3 Å². The Bertz CT molecular complexity index is 1380. The van der Waals surface area contributed by atoms with Gasteiger partial charge in [-0.15, -0.1) is 0 Å². The molecular weight excluding hydrogens is 470 g/mol. The number of anilines is 1. The predicted octanol–water partition coefficient (Wildman–Crippen LogP) is 3.05. The van der Waals surface area contributed by atoms with E-state index in [1.165, 1.54) is 27.8 Å². The first-order valence-corrected chi connectivity index (χ1v) is 14.2. The molecule has 11 heteroatoms. The number of benzene rings is 2. The molecule has 2 aromatic carbocycles. The highest BCUT2D eigenvalue weighted by Crippen LogP contribution is 2.30. The molecule has 1 aliphatic rings. The molecule has 1 aromatic heterocycles. The fraction of sp³-hybridized carbons (Fsp3) is 0.333. The Labute approximate surface area is 191 Å². The van der Waals surface area contributed by atoms with Crippen LogP contribution in [0, 0.1) is 12.8 Å². The van der Waals surface area contributed by atoms with E-state index in [0.717, 1.165) is 11.8 Å². The predicted molar refractivity (Wildman–Crippen MR) is 124 cm³/mol. The number of sulfone groups is 1. The molecule has 0 radical (unpaired) electrons. The third-order valence-electron chi connectivity index (χ3n) is 5.43. The van der Waals surface area contributed by atoms with Crippen molar-refractivity contribution in [2.45, 2.75) is 29.6 Å². The number of hydrogen-bond donors (Lipinski definition) is 1. The van der Waals surface area contributed by atoms with Crippen molar-refractivity contribution < 1.29 is 21.6 Å². The number of carbonyl (C=O) groups excluding carboxylic acids is 1. The van der Waals surface area contributed by atoms with Gasteiger partial charge in [0, 0.05) is 19.3 Å². The van der Waals surface area contributed by atoms with E-state index in [1.54, 1.807) is 30.3 Å². The minimum Gasteiger partial charge on any atom is -0.302 e. The molecule has 1 unspecified atom stereocenters. The molecular formula is C21H23N3O5S3. The van der Waals surface area contributed by atoms with Gasteiger partial charge >= 0.3 is 0 Å². The van der Waals surface area contributed by atoms with Crippen molar-refractivity contribution in [2.24, 2.45) is 5.92 Å². The lowest BCUT2D eigenvalue weighted by Crippen LogP contribution is -2.43. The van der Waals surface area contributed by atoms with Crippen molar-refractivity contribution in [3.8, 4) is 0 Å². The Hall–Kier alpha value is -2.34. The Morgan fingerprint density at radius 3 is 2.47 bits per heavy atom. The number of thiazole rings is 1. The van der Waals surface area contributed by atoms with Crippen LogP contribution in [0.25, 0.3) is 10.2 Å². The van der Waals surface area contributed by atoms with Gasteiger partial charge in [-0.3, -0.25) is 4.79 Å². The highest BCUT2D eigenvalue weighted by Gasteiger charge is 2.33. The molecule has 1 saturated heterocycles. The van der Waals surface area contributed by atoms with Crippen molar-refractivity contribution in [3.63, 3.8) is 0 Å². The fourth-order valence-corrected chi connectivity index (χ4v) is 6.78. The summed E-state index contributed by atoms with van der Waals surface area (Å²) in [7, 11) is -7.02. The summed E-state index contributed by atoms with van der Waals surface area (Å²) in [6, 6.07) is 11.3. The van der Waals surface area contributed by atoms with Crippen molar-refractivity contribution in [1.29, 1.82) is 0 Å². The summed E-state index contributed by atoms with van der Waals surface area (Å²) in [5.41, 5.74) is 1.56.